The van der Waals surface area contributed by atoms with Gasteiger partial charge in [0.05, 0.1) is 24.3 Å². The van der Waals surface area contributed by atoms with Gasteiger partial charge in [0.2, 0.25) is 0 Å². The van der Waals surface area contributed by atoms with E-state index in [1.807, 2.05) is 24.7 Å². The van der Waals surface area contributed by atoms with Crippen LogP contribution in [0, 0.1) is 6.92 Å². The molecular weight excluding hydrogens is 324 g/mol. The summed E-state index contributed by atoms with van der Waals surface area (Å²) < 4.78 is 4.26. The molecule has 1 N–H and O–H groups in total. The second-order valence-electron chi connectivity index (χ2n) is 6.73. The SMILES string of the molecule is Cc1ccc2ncccc2c1Cn1ccnc1-c1cc2n(n1)CCNC2. The number of hydrogen-bond donors (Lipinski definition) is 1. The first-order valence-corrected chi connectivity index (χ1v) is 8.92. The second kappa shape index (κ2) is 6.07. The van der Waals surface area contributed by atoms with E-state index in [0.717, 1.165) is 43.2 Å². The van der Waals surface area contributed by atoms with Crippen LogP contribution in [0.4, 0.5) is 0 Å². The Morgan fingerprint density at radius 2 is 2.12 bits per heavy atom. The Bertz CT molecular complexity index is 1070. The van der Waals surface area contributed by atoms with Gasteiger partial charge in [-0.15, -0.1) is 0 Å². The first kappa shape index (κ1) is 15.3. The quantitative estimate of drug-likeness (QED) is 0.621. The summed E-state index contributed by atoms with van der Waals surface area (Å²) in [6.45, 7) is 5.64. The summed E-state index contributed by atoms with van der Waals surface area (Å²) in [5, 5.41) is 9.34. The maximum absolute atomic E-state index is 4.76. The number of nitrogens with zero attached hydrogens (tertiary/aromatic N) is 5. The Morgan fingerprint density at radius 3 is 3.04 bits per heavy atom. The lowest BCUT2D eigenvalue weighted by molar-refractivity contribution is 0.476. The van der Waals surface area contributed by atoms with Gasteiger partial charge in [0.1, 0.15) is 5.69 Å². The van der Waals surface area contributed by atoms with Crippen LogP contribution < -0.4 is 5.32 Å². The van der Waals surface area contributed by atoms with Crippen LogP contribution in [0.15, 0.2) is 48.9 Å². The van der Waals surface area contributed by atoms with Crippen LogP contribution in [0.2, 0.25) is 0 Å². The molecule has 5 rings (SSSR count). The summed E-state index contributed by atoms with van der Waals surface area (Å²) in [5.74, 6) is 0.909. The molecule has 0 unspecified atom stereocenters. The molecular formula is C20H20N6. The van der Waals surface area contributed by atoms with Gasteiger partial charge in [0.25, 0.3) is 0 Å². The molecule has 0 fully saturated rings. The van der Waals surface area contributed by atoms with Gasteiger partial charge in [0.15, 0.2) is 5.82 Å². The van der Waals surface area contributed by atoms with Crippen molar-refractivity contribution in [2.24, 2.45) is 0 Å². The van der Waals surface area contributed by atoms with E-state index in [9.17, 15) is 0 Å². The number of pyridine rings is 1. The minimum atomic E-state index is 0.755. The molecule has 4 heterocycles. The Balaban J connectivity index is 1.57. The van der Waals surface area contributed by atoms with Crippen LogP contribution in [-0.2, 0) is 19.6 Å². The highest BCUT2D eigenvalue weighted by Gasteiger charge is 2.17. The molecule has 1 aromatic carbocycles. The molecule has 0 amide bonds. The van der Waals surface area contributed by atoms with E-state index in [1.165, 1.54) is 22.2 Å². The van der Waals surface area contributed by atoms with Crippen LogP contribution in [0.1, 0.15) is 16.8 Å². The molecule has 0 saturated heterocycles. The molecule has 0 aliphatic carbocycles. The van der Waals surface area contributed by atoms with E-state index in [-0.39, 0.29) is 0 Å². The van der Waals surface area contributed by atoms with E-state index >= 15 is 0 Å². The number of aromatic nitrogens is 5. The number of benzene rings is 1. The molecule has 3 aromatic heterocycles. The molecule has 26 heavy (non-hydrogen) atoms. The minimum Gasteiger partial charge on any atom is -0.325 e. The maximum Gasteiger partial charge on any atom is 0.160 e. The van der Waals surface area contributed by atoms with Crippen LogP contribution in [0.25, 0.3) is 22.4 Å². The van der Waals surface area contributed by atoms with E-state index < -0.39 is 0 Å². The Hall–Kier alpha value is -2.99. The maximum atomic E-state index is 4.76. The van der Waals surface area contributed by atoms with Gasteiger partial charge in [-0.05, 0) is 36.2 Å². The molecule has 0 bridgehead atoms. The molecule has 6 nitrogen and oxygen atoms in total. The number of rotatable bonds is 3. The van der Waals surface area contributed by atoms with Crippen molar-refractivity contribution < 1.29 is 0 Å². The summed E-state index contributed by atoms with van der Waals surface area (Å²) in [6, 6.07) is 10.5. The number of nitrogens with one attached hydrogen (secondary N) is 1. The smallest absolute Gasteiger partial charge is 0.160 e. The fourth-order valence-corrected chi connectivity index (χ4v) is 3.67. The van der Waals surface area contributed by atoms with Gasteiger partial charge in [-0.1, -0.05) is 12.1 Å². The number of imidazole rings is 1. The summed E-state index contributed by atoms with van der Waals surface area (Å²) in [5.41, 5.74) is 5.72. The highest BCUT2D eigenvalue weighted by atomic mass is 15.3. The third kappa shape index (κ3) is 2.50. The van der Waals surface area contributed by atoms with Gasteiger partial charge in [-0.25, -0.2) is 4.98 Å². The van der Waals surface area contributed by atoms with E-state index in [2.05, 4.69) is 55.7 Å². The first-order chi connectivity index (χ1) is 12.8. The zero-order valence-corrected chi connectivity index (χ0v) is 14.7. The van der Waals surface area contributed by atoms with Crippen LogP contribution in [0.5, 0.6) is 0 Å². The number of hydrogen-bond acceptors (Lipinski definition) is 4. The third-order valence-corrected chi connectivity index (χ3v) is 5.07. The lowest BCUT2D eigenvalue weighted by Gasteiger charge is -2.13. The van der Waals surface area contributed by atoms with E-state index in [4.69, 9.17) is 5.10 Å². The van der Waals surface area contributed by atoms with Crippen LogP contribution in [-0.4, -0.2) is 30.9 Å². The molecule has 0 atom stereocenters. The van der Waals surface area contributed by atoms with E-state index in [0.29, 0.717) is 0 Å². The van der Waals surface area contributed by atoms with E-state index in [1.54, 1.807) is 0 Å². The highest BCUT2D eigenvalue weighted by Crippen LogP contribution is 2.25. The molecule has 1 aliphatic rings. The minimum absolute atomic E-state index is 0.755. The largest absolute Gasteiger partial charge is 0.325 e. The van der Waals surface area contributed by atoms with Crippen molar-refractivity contribution in [2.75, 3.05) is 6.54 Å². The molecule has 4 aromatic rings. The molecule has 6 heteroatoms. The second-order valence-corrected chi connectivity index (χ2v) is 6.73. The average molecular weight is 344 g/mol. The van der Waals surface area contributed by atoms with Crippen molar-refractivity contribution >= 4 is 10.9 Å². The van der Waals surface area contributed by atoms with Gasteiger partial charge >= 0.3 is 0 Å². The van der Waals surface area contributed by atoms with Crippen LogP contribution in [0.3, 0.4) is 0 Å². The standard InChI is InChI=1S/C20H20N6/c1-14-4-5-18-16(3-2-6-22-18)17(14)13-25-9-8-23-20(25)19-11-15-12-21-7-10-26(15)24-19/h2-6,8-9,11,21H,7,10,12-13H2,1H3. The van der Waals surface area contributed by atoms with Crippen molar-refractivity contribution in [2.45, 2.75) is 26.6 Å². The summed E-state index contributed by atoms with van der Waals surface area (Å²) in [4.78, 5) is 9.08. The predicted octanol–water partition coefficient (Wildman–Crippen LogP) is 2.75. The number of fused-ring (bicyclic) bond motifs is 2. The zero-order chi connectivity index (χ0) is 17.5. The average Bonchev–Trinajstić information content (AvgIpc) is 3.30. The van der Waals surface area contributed by atoms with Gasteiger partial charge in [-0.3, -0.25) is 9.67 Å². The third-order valence-electron chi connectivity index (χ3n) is 5.07. The Labute approximate surface area is 151 Å². The lowest BCUT2D eigenvalue weighted by Crippen LogP contribution is -2.28. The van der Waals surface area contributed by atoms with Gasteiger partial charge in [-0.2, -0.15) is 5.10 Å². The van der Waals surface area contributed by atoms with Crippen molar-refractivity contribution in [3.05, 3.63) is 65.7 Å². The summed E-state index contributed by atoms with van der Waals surface area (Å²) >= 11 is 0. The molecule has 0 spiro atoms. The first-order valence-electron chi connectivity index (χ1n) is 8.92. The number of aryl methyl sites for hydroxylation is 1. The molecule has 0 radical (unpaired) electrons. The summed E-state index contributed by atoms with van der Waals surface area (Å²) in [7, 11) is 0. The van der Waals surface area contributed by atoms with Crippen molar-refractivity contribution in [3.8, 4) is 11.5 Å². The predicted molar refractivity (Wildman–Crippen MR) is 101 cm³/mol. The fourth-order valence-electron chi connectivity index (χ4n) is 3.67. The topological polar surface area (TPSA) is 60.6 Å². The van der Waals surface area contributed by atoms with Crippen LogP contribution >= 0.6 is 0 Å². The zero-order valence-electron chi connectivity index (χ0n) is 14.7. The normalized spacial score (nSPS) is 13.9. The van der Waals surface area contributed by atoms with Crippen molar-refractivity contribution in [1.82, 2.24) is 29.6 Å². The van der Waals surface area contributed by atoms with Crippen molar-refractivity contribution in [1.29, 1.82) is 0 Å². The Kier molecular flexibility index (Phi) is 3.57. The van der Waals surface area contributed by atoms with Gasteiger partial charge in [0, 0.05) is 37.1 Å². The van der Waals surface area contributed by atoms with Crippen molar-refractivity contribution in [3.63, 3.8) is 0 Å². The van der Waals surface area contributed by atoms with Gasteiger partial charge < -0.3 is 9.88 Å². The molecule has 0 saturated carbocycles. The molecule has 130 valence electrons. The fraction of sp³-hybridized carbons (Fsp3) is 0.250. The summed E-state index contributed by atoms with van der Waals surface area (Å²) in [6.07, 6.45) is 5.72. The highest BCUT2D eigenvalue weighted by molar-refractivity contribution is 5.83. The Morgan fingerprint density at radius 1 is 1.15 bits per heavy atom. The lowest BCUT2D eigenvalue weighted by atomic mass is 10.0. The monoisotopic (exact) mass is 344 g/mol. The molecule has 1 aliphatic heterocycles.